The lowest BCUT2D eigenvalue weighted by Gasteiger charge is -2.19. The maximum atomic E-state index is 12.9. The van der Waals surface area contributed by atoms with Gasteiger partial charge in [0.05, 0.1) is 39.8 Å². The molecule has 0 bridgehead atoms. The molecule has 5 N–H and O–H groups in total. The number of hydrogen-bond acceptors (Lipinski definition) is 5. The zero-order chi connectivity index (χ0) is 29.5. The van der Waals surface area contributed by atoms with Crippen LogP contribution in [0, 0.1) is 11.3 Å². The molecule has 0 aliphatic heterocycles. The molecule has 4 amide bonds. The van der Waals surface area contributed by atoms with Crippen molar-refractivity contribution in [1.82, 2.24) is 21.3 Å². The van der Waals surface area contributed by atoms with Crippen LogP contribution in [0.3, 0.4) is 0 Å². The Kier molecular flexibility index (Phi) is 9.45. The van der Waals surface area contributed by atoms with Crippen molar-refractivity contribution in [2.45, 2.75) is 31.5 Å². The number of benzene rings is 3. The molecular formula is C29H25Cl2N5O5. The van der Waals surface area contributed by atoms with Crippen LogP contribution in [0.4, 0.5) is 4.79 Å². The zero-order valence-electron chi connectivity index (χ0n) is 21.5. The number of rotatable bonds is 9. The molecule has 2 atom stereocenters. The van der Waals surface area contributed by atoms with Crippen molar-refractivity contribution in [3.63, 3.8) is 0 Å². The van der Waals surface area contributed by atoms with Gasteiger partial charge in [-0.1, -0.05) is 59.6 Å². The van der Waals surface area contributed by atoms with Crippen molar-refractivity contribution in [3.8, 4) is 6.07 Å². The van der Waals surface area contributed by atoms with Crippen molar-refractivity contribution < 1.29 is 24.3 Å². The minimum Gasteiger partial charge on any atom is -0.480 e. The van der Waals surface area contributed by atoms with Crippen molar-refractivity contribution in [1.29, 1.82) is 5.26 Å². The highest BCUT2D eigenvalue weighted by molar-refractivity contribution is 6.40. The minimum atomic E-state index is -1.48. The molecule has 4 rings (SSSR count). The summed E-state index contributed by atoms with van der Waals surface area (Å²) in [6, 6.07) is 16.7. The second kappa shape index (κ2) is 13.2. The topological polar surface area (TPSA) is 160 Å². The van der Waals surface area contributed by atoms with Crippen LogP contribution >= 0.6 is 23.2 Å². The maximum Gasteiger partial charge on any atom is 0.328 e. The van der Waals surface area contributed by atoms with Gasteiger partial charge < -0.3 is 26.4 Å². The number of hydrogen-bond donors (Lipinski definition) is 5. The van der Waals surface area contributed by atoms with Gasteiger partial charge in [-0.05, 0) is 53.8 Å². The van der Waals surface area contributed by atoms with E-state index in [-0.39, 0.29) is 33.8 Å². The Morgan fingerprint density at radius 1 is 0.976 bits per heavy atom. The van der Waals surface area contributed by atoms with Gasteiger partial charge in [0.1, 0.15) is 6.04 Å². The normalized spacial score (nSPS) is 14.2. The smallest absolute Gasteiger partial charge is 0.328 e. The third kappa shape index (κ3) is 7.33. The number of nitrogens with zero attached hydrogens (tertiary/aromatic N) is 1. The number of halogens is 2. The fraction of sp³-hybridized carbons (Fsp3) is 0.207. The first-order valence-corrected chi connectivity index (χ1v) is 13.3. The first kappa shape index (κ1) is 29.4. The first-order valence-electron chi connectivity index (χ1n) is 12.6. The van der Waals surface area contributed by atoms with Gasteiger partial charge in [-0.2, -0.15) is 5.26 Å². The van der Waals surface area contributed by atoms with Gasteiger partial charge in [0.2, 0.25) is 0 Å². The van der Waals surface area contributed by atoms with Crippen molar-refractivity contribution in [2.75, 3.05) is 6.54 Å². The van der Waals surface area contributed by atoms with Gasteiger partial charge in [-0.3, -0.25) is 9.59 Å². The highest BCUT2D eigenvalue weighted by Gasteiger charge is 2.27. The Bertz CT molecular complexity index is 1530. The average molecular weight is 594 g/mol. The summed E-state index contributed by atoms with van der Waals surface area (Å²) in [5.74, 6) is -2.79. The van der Waals surface area contributed by atoms with Crippen LogP contribution in [0.1, 0.15) is 55.4 Å². The molecule has 12 heteroatoms. The van der Waals surface area contributed by atoms with Crippen molar-refractivity contribution >= 4 is 47.0 Å². The SMILES string of the molecule is N#Cc1cccc(CNC(=O)c2cc(Cl)c(C(=O)NC(CNC(=O)N[C@@H]3CCc4ccccc43)C(=O)O)c(Cl)c2)c1. The summed E-state index contributed by atoms with van der Waals surface area (Å²) < 4.78 is 0. The second-order valence-corrected chi connectivity index (χ2v) is 10.1. The van der Waals surface area contributed by atoms with Crippen LogP contribution in [-0.2, 0) is 17.8 Å². The third-order valence-corrected chi connectivity index (χ3v) is 7.15. The van der Waals surface area contributed by atoms with Crippen LogP contribution in [0.5, 0.6) is 0 Å². The van der Waals surface area contributed by atoms with E-state index < -0.39 is 36.4 Å². The Hall–Kier alpha value is -4.59. The number of aryl methyl sites for hydroxylation is 1. The van der Waals surface area contributed by atoms with Crippen LogP contribution in [0.15, 0.2) is 60.7 Å². The molecule has 0 aromatic heterocycles. The molecule has 0 heterocycles. The molecular weight excluding hydrogens is 569 g/mol. The Balaban J connectivity index is 1.35. The number of nitrogens with one attached hydrogen (secondary N) is 4. The van der Waals surface area contributed by atoms with E-state index in [1.165, 1.54) is 12.1 Å². The summed E-state index contributed by atoms with van der Waals surface area (Å²) in [6.07, 6.45) is 1.55. The van der Waals surface area contributed by atoms with E-state index in [9.17, 15) is 24.3 Å². The van der Waals surface area contributed by atoms with Gasteiger partial charge in [-0.25, -0.2) is 9.59 Å². The van der Waals surface area contributed by atoms with Crippen LogP contribution in [-0.4, -0.2) is 41.5 Å². The Morgan fingerprint density at radius 3 is 2.41 bits per heavy atom. The molecule has 0 fully saturated rings. The van der Waals surface area contributed by atoms with Crippen LogP contribution in [0.25, 0.3) is 0 Å². The number of urea groups is 1. The van der Waals surface area contributed by atoms with Gasteiger partial charge >= 0.3 is 12.0 Å². The number of carbonyl (C=O) groups is 4. The minimum absolute atomic E-state index is 0.0783. The largest absolute Gasteiger partial charge is 0.480 e. The number of carboxylic acid groups (broad SMARTS) is 1. The Morgan fingerprint density at radius 2 is 1.71 bits per heavy atom. The molecule has 0 radical (unpaired) electrons. The number of carboxylic acids is 1. The fourth-order valence-electron chi connectivity index (χ4n) is 4.50. The van der Waals surface area contributed by atoms with Crippen LogP contribution in [0.2, 0.25) is 10.0 Å². The lowest BCUT2D eigenvalue weighted by molar-refractivity contribution is -0.139. The Labute approximate surface area is 245 Å². The van der Waals surface area contributed by atoms with Gasteiger partial charge in [0.25, 0.3) is 11.8 Å². The number of carbonyl (C=O) groups excluding carboxylic acids is 3. The summed E-state index contributed by atoms with van der Waals surface area (Å²) in [4.78, 5) is 49.8. The summed E-state index contributed by atoms with van der Waals surface area (Å²) >= 11 is 12.5. The summed E-state index contributed by atoms with van der Waals surface area (Å²) in [7, 11) is 0. The lowest BCUT2D eigenvalue weighted by atomic mass is 10.1. The molecule has 1 unspecified atom stereocenters. The predicted octanol–water partition coefficient (Wildman–Crippen LogP) is 3.96. The standard InChI is InChI=1S/C29H25Cl2N5O5/c30-21-11-19(26(37)33-14-17-5-3-4-16(10-17)13-32)12-22(31)25(21)27(38)35-24(28(39)40)15-34-29(41)36-23-9-8-18-6-1-2-7-20(18)23/h1-7,10-12,23-24H,8-9,14-15H2,(H,33,37)(H,35,38)(H,39,40)(H2,34,36,41)/t23-,24?/m1/s1. The van der Waals surface area contributed by atoms with E-state index in [0.29, 0.717) is 11.1 Å². The van der Waals surface area contributed by atoms with Gasteiger partial charge in [0, 0.05) is 12.1 Å². The predicted molar refractivity (Wildman–Crippen MR) is 152 cm³/mol. The fourth-order valence-corrected chi connectivity index (χ4v) is 5.16. The van der Waals surface area contributed by atoms with E-state index in [2.05, 4.69) is 21.3 Å². The molecule has 0 spiro atoms. The van der Waals surface area contributed by atoms with E-state index in [0.717, 1.165) is 24.0 Å². The molecule has 41 heavy (non-hydrogen) atoms. The maximum absolute atomic E-state index is 12.9. The number of amides is 4. The van der Waals surface area contributed by atoms with E-state index >= 15 is 0 Å². The summed E-state index contributed by atoms with van der Waals surface area (Å²) in [5, 5.41) is 28.6. The quantitative estimate of drug-likeness (QED) is 0.252. The van der Waals surface area contributed by atoms with E-state index in [4.69, 9.17) is 28.5 Å². The van der Waals surface area contributed by atoms with Crippen LogP contribution < -0.4 is 21.3 Å². The molecule has 0 saturated heterocycles. The van der Waals surface area contributed by atoms with Gasteiger partial charge in [-0.15, -0.1) is 0 Å². The first-order chi connectivity index (χ1) is 19.7. The average Bonchev–Trinajstić information content (AvgIpc) is 3.36. The summed E-state index contributed by atoms with van der Waals surface area (Å²) in [5.41, 5.74) is 3.19. The molecule has 1 aliphatic carbocycles. The lowest BCUT2D eigenvalue weighted by Crippen LogP contribution is -2.50. The molecule has 3 aromatic rings. The molecule has 210 valence electrons. The monoisotopic (exact) mass is 593 g/mol. The van der Waals surface area contributed by atoms with E-state index in [1.54, 1.807) is 24.3 Å². The number of fused-ring (bicyclic) bond motifs is 1. The molecule has 1 aliphatic rings. The number of aliphatic carboxylic acids is 1. The van der Waals surface area contributed by atoms with E-state index in [1.807, 2.05) is 30.3 Å². The molecule has 3 aromatic carbocycles. The third-order valence-electron chi connectivity index (χ3n) is 6.55. The molecule has 0 saturated carbocycles. The highest BCUT2D eigenvalue weighted by Crippen LogP contribution is 2.30. The molecule has 10 nitrogen and oxygen atoms in total. The van der Waals surface area contributed by atoms with Crippen molar-refractivity contribution in [3.05, 3.63) is 104 Å². The van der Waals surface area contributed by atoms with Gasteiger partial charge in [0.15, 0.2) is 0 Å². The number of nitriles is 1. The second-order valence-electron chi connectivity index (χ2n) is 9.32. The zero-order valence-corrected chi connectivity index (χ0v) is 23.1. The van der Waals surface area contributed by atoms with Crippen molar-refractivity contribution in [2.24, 2.45) is 0 Å². The highest BCUT2D eigenvalue weighted by atomic mass is 35.5. The summed E-state index contributed by atoms with van der Waals surface area (Å²) in [6.45, 7) is -0.260.